The van der Waals surface area contributed by atoms with Crippen LogP contribution in [0.2, 0.25) is 0 Å². The van der Waals surface area contributed by atoms with E-state index in [4.69, 9.17) is 36.6 Å². The number of benzene rings is 3. The highest BCUT2D eigenvalue weighted by Crippen LogP contribution is 2.44. The van der Waals surface area contributed by atoms with Crippen molar-refractivity contribution in [3.05, 3.63) is 88.2 Å². The SMILES string of the molecule is Cc1nc(-c2ccc(C(C)(C)C)cc2)nc(C)c1C(=O)N[C@@H](CC(C)(C)N)C(=O)N(C)c1cc2cc(c1OCCN)-c1cc(ccc1OCCN)CC(=O)NC(C)C(=O)NC(C(=O)NCC#N)C2. The van der Waals surface area contributed by atoms with Crippen molar-refractivity contribution in [1.82, 2.24) is 31.2 Å². The second kappa shape index (κ2) is 22.2. The van der Waals surface area contributed by atoms with Crippen molar-refractivity contribution in [1.29, 1.82) is 5.26 Å². The summed E-state index contributed by atoms with van der Waals surface area (Å²) in [4.78, 5) is 80.7. The molecule has 2 heterocycles. The van der Waals surface area contributed by atoms with Crippen LogP contribution in [0, 0.1) is 25.2 Å². The third-order valence-electron chi connectivity index (χ3n) is 11.3. The van der Waals surface area contributed by atoms with E-state index in [2.05, 4.69) is 42.0 Å². The minimum atomic E-state index is -1.25. The zero-order valence-corrected chi connectivity index (χ0v) is 40.5. The van der Waals surface area contributed by atoms with Crippen molar-refractivity contribution >= 4 is 35.2 Å². The first-order chi connectivity index (χ1) is 32.0. The molecule has 3 atom stereocenters. The number of hydrogen-bond donors (Lipinski definition) is 7. The van der Waals surface area contributed by atoms with E-state index in [-0.39, 0.29) is 74.5 Å². The van der Waals surface area contributed by atoms with Crippen LogP contribution in [0.15, 0.2) is 54.6 Å². The molecule has 1 aliphatic rings. The molecule has 4 aromatic rings. The molecule has 18 nitrogen and oxygen atoms in total. The fourth-order valence-electron chi connectivity index (χ4n) is 7.88. The number of rotatable bonds is 15. The molecular formula is C50H65N11O7. The third-order valence-corrected chi connectivity index (χ3v) is 11.3. The molecular weight excluding hydrogens is 867 g/mol. The lowest BCUT2D eigenvalue weighted by molar-refractivity contribution is -0.131. The minimum absolute atomic E-state index is 0.000872. The quantitative estimate of drug-likeness (QED) is 0.0846. The van der Waals surface area contributed by atoms with E-state index in [1.54, 1.807) is 58.0 Å². The number of aromatic nitrogens is 2. The number of nitrogens with zero attached hydrogens (tertiary/aromatic N) is 4. The van der Waals surface area contributed by atoms with Crippen LogP contribution in [0.3, 0.4) is 0 Å². The molecule has 0 spiro atoms. The molecule has 5 amide bonds. The molecule has 0 aliphatic carbocycles. The first-order valence-electron chi connectivity index (χ1n) is 22.6. The highest BCUT2D eigenvalue weighted by Gasteiger charge is 2.34. The Morgan fingerprint density at radius 2 is 1.54 bits per heavy atom. The van der Waals surface area contributed by atoms with Crippen molar-refractivity contribution in [2.24, 2.45) is 17.2 Å². The molecule has 3 aromatic carbocycles. The Labute approximate surface area is 398 Å². The standard InChI is InChI=1S/C50H65N11O7/c1-28-42(29(2)58-44(57-28)33-11-13-34(14-12-33)49(4,5)6)47(65)60-38(27-50(7,8)54)48(66)61(9)39-25-32-23-36(43(39)68-21-18-53)35-22-31(10-15-40(35)67-20-17-52)26-41(62)56-30(3)45(63)59-37(24-32)46(64)55-19-16-51/h10-15,22-23,25,30,37-38H,17-21,24,26-27,52-54H2,1-9H3,(H,55,64)(H,56,62)(H,59,63)(H,60,65)/t30?,37?,38-/m0/s1. The smallest absolute Gasteiger partial charge is 0.255 e. The second-order valence-electron chi connectivity index (χ2n) is 18.7. The maximum atomic E-state index is 15.1. The summed E-state index contributed by atoms with van der Waals surface area (Å²) in [5.74, 6) is -1.91. The predicted molar refractivity (Wildman–Crippen MR) is 260 cm³/mol. The first kappa shape index (κ1) is 52.0. The van der Waals surface area contributed by atoms with Gasteiger partial charge in [0.05, 0.1) is 35.1 Å². The number of aryl methyl sites for hydroxylation is 2. The van der Waals surface area contributed by atoms with Crippen molar-refractivity contribution in [2.75, 3.05) is 44.8 Å². The summed E-state index contributed by atoms with van der Waals surface area (Å²) in [6.45, 7) is 14.9. The monoisotopic (exact) mass is 932 g/mol. The van der Waals surface area contributed by atoms with Gasteiger partial charge in [0.15, 0.2) is 11.6 Å². The molecule has 0 fully saturated rings. The number of nitrogens with two attached hydrogens (primary N) is 3. The van der Waals surface area contributed by atoms with Gasteiger partial charge >= 0.3 is 0 Å². The minimum Gasteiger partial charge on any atom is -0.492 e. The molecule has 2 unspecified atom stereocenters. The molecule has 5 rings (SSSR count). The van der Waals surface area contributed by atoms with Crippen molar-refractivity contribution in [2.45, 2.75) is 104 Å². The lowest BCUT2D eigenvalue weighted by Gasteiger charge is -2.31. The third kappa shape index (κ3) is 13.1. The van der Waals surface area contributed by atoms with Crippen LogP contribution in [0.4, 0.5) is 5.69 Å². The zero-order chi connectivity index (χ0) is 50.1. The number of ether oxygens (including phenoxy) is 2. The molecule has 68 heavy (non-hydrogen) atoms. The lowest BCUT2D eigenvalue weighted by atomic mass is 9.86. The summed E-state index contributed by atoms with van der Waals surface area (Å²) in [5, 5.41) is 20.2. The molecule has 10 N–H and O–H groups in total. The highest BCUT2D eigenvalue weighted by atomic mass is 16.5. The van der Waals surface area contributed by atoms with Gasteiger partial charge in [-0.1, -0.05) is 51.1 Å². The number of likely N-dealkylation sites (N-methyl/N-ethyl adjacent to an activating group) is 1. The summed E-state index contributed by atoms with van der Waals surface area (Å²) < 4.78 is 12.6. The molecule has 0 radical (unpaired) electrons. The van der Waals surface area contributed by atoms with Gasteiger partial charge in [0, 0.05) is 48.8 Å². The van der Waals surface area contributed by atoms with E-state index in [9.17, 15) is 24.4 Å². The molecule has 1 aliphatic heterocycles. The summed E-state index contributed by atoms with van der Waals surface area (Å²) in [7, 11) is 1.52. The van der Waals surface area contributed by atoms with Crippen molar-refractivity contribution in [3.63, 3.8) is 0 Å². The average Bonchev–Trinajstić information content (AvgIpc) is 3.27. The van der Waals surface area contributed by atoms with Gasteiger partial charge in [-0.2, -0.15) is 5.26 Å². The Morgan fingerprint density at radius 1 is 0.912 bits per heavy atom. The van der Waals surface area contributed by atoms with E-state index in [0.29, 0.717) is 45.2 Å². The molecule has 0 saturated heterocycles. The number of anilines is 1. The first-order valence-corrected chi connectivity index (χ1v) is 22.6. The molecule has 18 heteroatoms. The van der Waals surface area contributed by atoms with E-state index in [0.717, 1.165) is 11.1 Å². The molecule has 4 bridgehead atoms. The molecule has 1 aromatic heterocycles. The Bertz CT molecular complexity index is 2540. The Kier molecular flexibility index (Phi) is 17.0. The van der Waals surface area contributed by atoms with E-state index in [1.807, 2.05) is 30.3 Å². The van der Waals surface area contributed by atoms with Gasteiger partial charge in [0.1, 0.15) is 43.6 Å². The molecule has 0 saturated carbocycles. The van der Waals surface area contributed by atoms with E-state index >= 15 is 4.79 Å². The fraction of sp³-hybridized carbons (Fsp3) is 0.440. The molecule has 362 valence electrons. The van der Waals surface area contributed by atoms with Gasteiger partial charge in [0.2, 0.25) is 23.6 Å². The summed E-state index contributed by atoms with van der Waals surface area (Å²) in [6.07, 6.45) is -0.282. The number of nitrogens with one attached hydrogen (secondary N) is 4. The maximum absolute atomic E-state index is 15.1. The number of hydrogen-bond acceptors (Lipinski definition) is 13. The average molecular weight is 932 g/mol. The van der Waals surface area contributed by atoms with Gasteiger partial charge in [-0.3, -0.25) is 24.0 Å². The Hall–Kier alpha value is -6.94. The van der Waals surface area contributed by atoms with Crippen LogP contribution in [0.5, 0.6) is 11.5 Å². The number of carbonyl (C=O) groups excluding carboxylic acids is 5. The van der Waals surface area contributed by atoms with Crippen LogP contribution in [0.1, 0.15) is 86.4 Å². The predicted octanol–water partition coefficient (Wildman–Crippen LogP) is 3.02. The number of amides is 5. The fourth-order valence-corrected chi connectivity index (χ4v) is 7.88. The number of carbonyl (C=O) groups is 5. The highest BCUT2D eigenvalue weighted by molar-refractivity contribution is 6.04. The summed E-state index contributed by atoms with van der Waals surface area (Å²) in [5.41, 5.74) is 22.5. The van der Waals surface area contributed by atoms with Crippen LogP contribution in [0.25, 0.3) is 22.5 Å². The van der Waals surface area contributed by atoms with E-state index in [1.165, 1.54) is 18.9 Å². The summed E-state index contributed by atoms with van der Waals surface area (Å²) in [6, 6.07) is 14.9. The summed E-state index contributed by atoms with van der Waals surface area (Å²) >= 11 is 0. The number of fused-ring (bicyclic) bond motifs is 5. The van der Waals surface area contributed by atoms with Gasteiger partial charge < -0.3 is 52.8 Å². The zero-order valence-electron chi connectivity index (χ0n) is 40.5. The Morgan fingerprint density at radius 3 is 2.15 bits per heavy atom. The largest absolute Gasteiger partial charge is 0.492 e. The van der Waals surface area contributed by atoms with Crippen molar-refractivity contribution in [3.8, 4) is 40.1 Å². The van der Waals surface area contributed by atoms with Crippen LogP contribution >= 0.6 is 0 Å². The van der Waals surface area contributed by atoms with E-state index < -0.39 is 53.2 Å². The van der Waals surface area contributed by atoms with Crippen LogP contribution in [-0.4, -0.2) is 103 Å². The topological polar surface area (TPSA) is 283 Å². The normalized spacial score (nSPS) is 15.7. The number of nitriles is 1. The van der Waals surface area contributed by atoms with Gasteiger partial charge in [-0.05, 0) is 87.4 Å². The van der Waals surface area contributed by atoms with Gasteiger partial charge in [-0.15, -0.1) is 0 Å². The second-order valence-corrected chi connectivity index (χ2v) is 18.7. The van der Waals surface area contributed by atoms with Gasteiger partial charge in [0.25, 0.3) is 5.91 Å². The van der Waals surface area contributed by atoms with Crippen molar-refractivity contribution < 1.29 is 33.4 Å². The Balaban J connectivity index is 1.66. The lowest BCUT2D eigenvalue weighted by Crippen LogP contribution is -2.53. The van der Waals surface area contributed by atoms with Crippen LogP contribution < -0.4 is 52.8 Å². The van der Waals surface area contributed by atoms with Gasteiger partial charge in [-0.25, -0.2) is 9.97 Å². The maximum Gasteiger partial charge on any atom is 0.255 e. The van der Waals surface area contributed by atoms with Crippen LogP contribution in [-0.2, 0) is 37.4 Å².